The highest BCUT2D eigenvalue weighted by Crippen LogP contribution is 2.27. The van der Waals surface area contributed by atoms with Crippen LogP contribution in [0.3, 0.4) is 0 Å². The number of halogens is 3. The van der Waals surface area contributed by atoms with Crippen LogP contribution in [0.1, 0.15) is 0 Å². The SMILES string of the molecule is OCC1OC(Nc2ccc(OC(F)(F)Cl)cc2)C(O)C(O)C1O. The van der Waals surface area contributed by atoms with Crippen LogP contribution in [-0.4, -0.2) is 63.2 Å². The minimum atomic E-state index is -3.83. The molecule has 0 amide bonds. The molecule has 23 heavy (non-hydrogen) atoms. The standard InChI is InChI=1S/C13H16ClF2NO6/c14-13(15,16)23-7-3-1-6(2-4-7)17-12-11(21)10(20)9(19)8(5-18)22-12/h1-4,8-12,17-21H,5H2. The number of alkyl halides is 3. The quantitative estimate of drug-likeness (QED) is 0.475. The summed E-state index contributed by atoms with van der Waals surface area (Å²) in [7, 11) is 0. The molecular weight excluding hydrogens is 340 g/mol. The molecule has 2 rings (SSSR count). The number of rotatable bonds is 5. The molecule has 10 heteroatoms. The number of aliphatic hydroxyl groups excluding tert-OH is 4. The van der Waals surface area contributed by atoms with Gasteiger partial charge in [0, 0.05) is 17.3 Å². The summed E-state index contributed by atoms with van der Waals surface area (Å²) < 4.78 is 34.4. The summed E-state index contributed by atoms with van der Waals surface area (Å²) in [6, 6.07) is 5.14. The van der Waals surface area contributed by atoms with Crippen LogP contribution in [0.25, 0.3) is 0 Å². The average molecular weight is 356 g/mol. The molecule has 0 aromatic heterocycles. The zero-order valence-electron chi connectivity index (χ0n) is 11.6. The number of anilines is 1. The lowest BCUT2D eigenvalue weighted by Crippen LogP contribution is -2.60. The van der Waals surface area contributed by atoms with Gasteiger partial charge in [0.25, 0.3) is 0 Å². The van der Waals surface area contributed by atoms with Crippen molar-refractivity contribution in [3.8, 4) is 5.75 Å². The van der Waals surface area contributed by atoms with Crippen LogP contribution in [0.2, 0.25) is 0 Å². The number of ether oxygens (including phenoxy) is 2. The van der Waals surface area contributed by atoms with E-state index in [1.807, 2.05) is 0 Å². The molecule has 0 bridgehead atoms. The Kier molecular flexibility index (Phi) is 5.61. The minimum Gasteiger partial charge on any atom is -0.420 e. The second-order valence-electron chi connectivity index (χ2n) is 4.97. The van der Waals surface area contributed by atoms with Crippen molar-refractivity contribution in [3.63, 3.8) is 0 Å². The summed E-state index contributed by atoms with van der Waals surface area (Å²) in [6.07, 6.45) is -6.61. The van der Waals surface area contributed by atoms with Crippen molar-refractivity contribution in [1.29, 1.82) is 0 Å². The molecule has 1 aromatic carbocycles. The van der Waals surface area contributed by atoms with E-state index >= 15 is 0 Å². The van der Waals surface area contributed by atoms with E-state index in [1.54, 1.807) is 0 Å². The molecule has 5 atom stereocenters. The van der Waals surface area contributed by atoms with E-state index < -0.39 is 42.8 Å². The zero-order valence-corrected chi connectivity index (χ0v) is 12.4. The molecule has 5 N–H and O–H groups in total. The van der Waals surface area contributed by atoms with Crippen LogP contribution in [-0.2, 0) is 4.74 Å². The van der Waals surface area contributed by atoms with Gasteiger partial charge in [-0.05, 0) is 24.3 Å². The van der Waals surface area contributed by atoms with E-state index in [4.69, 9.17) is 9.84 Å². The second kappa shape index (κ2) is 7.12. The molecule has 130 valence electrons. The van der Waals surface area contributed by atoms with Crippen LogP contribution in [0.5, 0.6) is 5.75 Å². The van der Waals surface area contributed by atoms with Gasteiger partial charge in [0.2, 0.25) is 0 Å². The summed E-state index contributed by atoms with van der Waals surface area (Å²) in [5, 5.41) is 41.0. The van der Waals surface area contributed by atoms with Crippen LogP contribution in [0.15, 0.2) is 24.3 Å². The first-order chi connectivity index (χ1) is 10.7. The molecule has 1 aliphatic rings. The van der Waals surface area contributed by atoms with Gasteiger partial charge in [0.1, 0.15) is 30.2 Å². The molecule has 1 heterocycles. The van der Waals surface area contributed by atoms with Crippen LogP contribution >= 0.6 is 11.6 Å². The highest BCUT2D eigenvalue weighted by Gasteiger charge is 2.43. The van der Waals surface area contributed by atoms with Crippen molar-refractivity contribution in [1.82, 2.24) is 0 Å². The Labute approximate surface area is 135 Å². The minimum absolute atomic E-state index is 0.177. The Bertz CT molecular complexity index is 512. The first-order valence-corrected chi connectivity index (χ1v) is 7.02. The zero-order chi connectivity index (χ0) is 17.2. The van der Waals surface area contributed by atoms with Gasteiger partial charge in [-0.25, -0.2) is 0 Å². The molecule has 0 radical (unpaired) electrons. The molecule has 1 fully saturated rings. The van der Waals surface area contributed by atoms with Crippen molar-refractivity contribution in [2.24, 2.45) is 0 Å². The molecule has 5 unspecified atom stereocenters. The summed E-state index contributed by atoms with van der Waals surface area (Å²) in [4.78, 5) is 0. The highest BCUT2D eigenvalue weighted by molar-refractivity contribution is 6.20. The fourth-order valence-corrected chi connectivity index (χ4v) is 2.23. The molecule has 7 nitrogen and oxygen atoms in total. The van der Waals surface area contributed by atoms with Crippen molar-refractivity contribution in [2.45, 2.75) is 36.2 Å². The van der Waals surface area contributed by atoms with E-state index in [0.717, 1.165) is 0 Å². The highest BCUT2D eigenvalue weighted by atomic mass is 35.5. The summed E-state index contributed by atoms with van der Waals surface area (Å²) in [5.74, 6) is -0.177. The largest absolute Gasteiger partial charge is 0.487 e. The maximum Gasteiger partial charge on any atom is 0.487 e. The van der Waals surface area contributed by atoms with Gasteiger partial charge in [-0.15, -0.1) is 8.78 Å². The third-order valence-electron chi connectivity index (χ3n) is 3.29. The number of nitrogens with one attached hydrogen (secondary N) is 1. The van der Waals surface area contributed by atoms with Crippen molar-refractivity contribution >= 4 is 17.3 Å². The maximum atomic E-state index is 12.5. The smallest absolute Gasteiger partial charge is 0.420 e. The first-order valence-electron chi connectivity index (χ1n) is 6.64. The van der Waals surface area contributed by atoms with E-state index in [2.05, 4.69) is 21.7 Å². The van der Waals surface area contributed by atoms with Crippen LogP contribution in [0.4, 0.5) is 14.5 Å². The van der Waals surface area contributed by atoms with Gasteiger partial charge >= 0.3 is 5.57 Å². The normalized spacial score (nSPS) is 31.7. The van der Waals surface area contributed by atoms with E-state index in [9.17, 15) is 24.1 Å². The van der Waals surface area contributed by atoms with Gasteiger partial charge in [-0.3, -0.25) is 0 Å². The van der Waals surface area contributed by atoms with Gasteiger partial charge in [-0.2, -0.15) is 0 Å². The lowest BCUT2D eigenvalue weighted by atomic mass is 9.98. The summed E-state index contributed by atoms with van der Waals surface area (Å²) >= 11 is 4.64. The topological polar surface area (TPSA) is 111 Å². The molecule has 0 spiro atoms. The van der Waals surface area contributed by atoms with Crippen LogP contribution in [0, 0.1) is 0 Å². The molecule has 1 aliphatic heterocycles. The molecule has 0 aliphatic carbocycles. The maximum absolute atomic E-state index is 12.5. The van der Waals surface area contributed by atoms with Gasteiger partial charge in [-0.1, -0.05) is 0 Å². The monoisotopic (exact) mass is 355 g/mol. The van der Waals surface area contributed by atoms with Crippen LogP contribution < -0.4 is 10.1 Å². The van der Waals surface area contributed by atoms with Crippen molar-refractivity contribution in [3.05, 3.63) is 24.3 Å². The van der Waals surface area contributed by atoms with Crippen molar-refractivity contribution < 1.29 is 38.7 Å². The Hall–Kier alpha value is -1.23. The van der Waals surface area contributed by atoms with E-state index in [-0.39, 0.29) is 5.75 Å². The van der Waals surface area contributed by atoms with Gasteiger partial charge in [0.15, 0.2) is 6.23 Å². The summed E-state index contributed by atoms with van der Waals surface area (Å²) in [6.45, 7) is -0.555. The Morgan fingerprint density at radius 1 is 1.13 bits per heavy atom. The third kappa shape index (κ3) is 4.63. The number of benzene rings is 1. The lowest BCUT2D eigenvalue weighted by molar-refractivity contribution is -0.221. The molecule has 1 saturated heterocycles. The van der Waals surface area contributed by atoms with Gasteiger partial charge < -0.3 is 35.2 Å². The number of aliphatic hydroxyl groups is 4. The Morgan fingerprint density at radius 2 is 1.74 bits per heavy atom. The predicted octanol–water partition coefficient (Wildman–Crippen LogP) is 0.0663. The van der Waals surface area contributed by atoms with Gasteiger partial charge in [0.05, 0.1) is 6.61 Å². The van der Waals surface area contributed by atoms with E-state index in [1.165, 1.54) is 24.3 Å². The molecule has 1 aromatic rings. The fraction of sp³-hybridized carbons (Fsp3) is 0.538. The molecule has 0 saturated carbocycles. The lowest BCUT2D eigenvalue weighted by Gasteiger charge is -2.40. The number of hydrogen-bond donors (Lipinski definition) is 5. The fourth-order valence-electron chi connectivity index (χ4n) is 2.14. The van der Waals surface area contributed by atoms with E-state index in [0.29, 0.717) is 5.69 Å². The van der Waals surface area contributed by atoms with Crippen molar-refractivity contribution in [2.75, 3.05) is 11.9 Å². The molecular formula is C13H16ClF2NO6. The second-order valence-corrected chi connectivity index (χ2v) is 5.41. The number of hydrogen-bond acceptors (Lipinski definition) is 7. The average Bonchev–Trinajstić information content (AvgIpc) is 2.48. The summed E-state index contributed by atoms with van der Waals surface area (Å²) in [5.41, 5.74) is -3.47. The third-order valence-corrected chi connectivity index (χ3v) is 3.37. The Morgan fingerprint density at radius 3 is 2.26 bits per heavy atom. The predicted molar refractivity (Wildman–Crippen MR) is 75.3 cm³/mol. The Balaban J connectivity index is 2.03. The first kappa shape index (κ1) is 18.1.